The number of carbonyl (C=O) groups excluding carboxylic acids is 1. The summed E-state index contributed by atoms with van der Waals surface area (Å²) in [7, 11) is 0. The van der Waals surface area contributed by atoms with Crippen molar-refractivity contribution in [3.63, 3.8) is 0 Å². The van der Waals surface area contributed by atoms with Crippen LogP contribution in [0, 0.1) is 11.3 Å². The van der Waals surface area contributed by atoms with Gasteiger partial charge in [0.15, 0.2) is 0 Å². The average molecular weight is 285 g/mol. The van der Waals surface area contributed by atoms with E-state index in [2.05, 4.69) is 4.74 Å². The molecule has 0 aliphatic rings. The van der Waals surface area contributed by atoms with Gasteiger partial charge in [-0.1, -0.05) is 6.07 Å². The Labute approximate surface area is 114 Å². The summed E-state index contributed by atoms with van der Waals surface area (Å²) in [5.41, 5.74) is 0.125. The van der Waals surface area contributed by atoms with E-state index in [-0.39, 0.29) is 29.7 Å². The molecule has 0 saturated heterocycles. The van der Waals surface area contributed by atoms with E-state index in [9.17, 15) is 18.7 Å². The fourth-order valence-corrected chi connectivity index (χ4v) is 1.69. The van der Waals surface area contributed by atoms with Gasteiger partial charge in [-0.15, -0.1) is 0 Å². The molecule has 0 amide bonds. The molecule has 0 aliphatic carbocycles. The Bertz CT molecular complexity index is 526. The molecule has 0 fully saturated rings. The number of halogens is 2. The normalized spacial score (nSPS) is 10.2. The van der Waals surface area contributed by atoms with Crippen LogP contribution in [0.15, 0.2) is 12.1 Å². The molecular formula is C13H13F2NO4. The molecule has 0 unspecified atom stereocenters. The maximum absolute atomic E-state index is 12.4. The quantitative estimate of drug-likeness (QED) is 0.806. The van der Waals surface area contributed by atoms with Crippen LogP contribution in [0.1, 0.15) is 23.6 Å². The smallest absolute Gasteiger partial charge is 0.387 e. The monoisotopic (exact) mass is 285 g/mol. The number of aliphatic hydroxyl groups excluding tert-OH is 1. The summed E-state index contributed by atoms with van der Waals surface area (Å²) < 4.78 is 33.7. The third kappa shape index (κ3) is 3.90. The van der Waals surface area contributed by atoms with Crippen molar-refractivity contribution in [1.29, 1.82) is 5.26 Å². The molecule has 5 nitrogen and oxygen atoms in total. The van der Waals surface area contributed by atoms with Gasteiger partial charge in [0.2, 0.25) is 0 Å². The molecule has 0 radical (unpaired) electrons. The number of alkyl halides is 2. The number of hydrogen-bond donors (Lipinski definition) is 1. The van der Waals surface area contributed by atoms with Crippen LogP contribution in [-0.2, 0) is 22.6 Å². The Balaban J connectivity index is 3.20. The van der Waals surface area contributed by atoms with Crippen molar-refractivity contribution in [1.82, 2.24) is 0 Å². The molecule has 0 saturated carbocycles. The lowest BCUT2D eigenvalue weighted by Crippen LogP contribution is -2.12. The summed E-state index contributed by atoms with van der Waals surface area (Å²) >= 11 is 0. The maximum Gasteiger partial charge on any atom is 0.387 e. The summed E-state index contributed by atoms with van der Waals surface area (Å²) in [6, 6.07) is 4.35. The standard InChI is InChI=1S/C13H13F2NO4/c1-2-19-11(18)5-8-3-4-9(6-16)12(10(8)7-17)20-13(14)15/h3-4,13,17H,2,5,7H2,1H3. The Morgan fingerprint density at radius 3 is 2.70 bits per heavy atom. The van der Waals surface area contributed by atoms with E-state index in [0.29, 0.717) is 0 Å². The van der Waals surface area contributed by atoms with Crippen molar-refractivity contribution in [3.05, 3.63) is 28.8 Å². The van der Waals surface area contributed by atoms with Crippen LogP contribution in [0.5, 0.6) is 5.75 Å². The van der Waals surface area contributed by atoms with Crippen LogP contribution >= 0.6 is 0 Å². The number of rotatable bonds is 6. The number of hydrogen-bond acceptors (Lipinski definition) is 5. The van der Waals surface area contributed by atoms with Gasteiger partial charge in [0, 0.05) is 5.56 Å². The van der Waals surface area contributed by atoms with Gasteiger partial charge in [0.25, 0.3) is 0 Å². The van der Waals surface area contributed by atoms with E-state index in [4.69, 9.17) is 10.00 Å². The lowest BCUT2D eigenvalue weighted by Gasteiger charge is -2.14. The highest BCUT2D eigenvalue weighted by atomic mass is 19.3. The van der Waals surface area contributed by atoms with Gasteiger partial charge in [-0.2, -0.15) is 14.0 Å². The summed E-state index contributed by atoms with van der Waals surface area (Å²) in [6.45, 7) is -1.95. The molecule has 1 aromatic rings. The Morgan fingerprint density at radius 2 is 2.20 bits per heavy atom. The van der Waals surface area contributed by atoms with Gasteiger partial charge in [-0.05, 0) is 18.6 Å². The number of esters is 1. The molecule has 0 aromatic heterocycles. The number of aliphatic hydroxyl groups is 1. The van der Waals surface area contributed by atoms with Crippen LogP contribution in [0.3, 0.4) is 0 Å². The van der Waals surface area contributed by atoms with E-state index in [1.54, 1.807) is 13.0 Å². The van der Waals surface area contributed by atoms with Crippen molar-refractivity contribution in [2.24, 2.45) is 0 Å². The van der Waals surface area contributed by atoms with Crippen molar-refractivity contribution >= 4 is 5.97 Å². The first-order valence-corrected chi connectivity index (χ1v) is 5.79. The largest absolute Gasteiger partial charge is 0.466 e. The summed E-state index contributed by atoms with van der Waals surface area (Å²) in [5.74, 6) is -0.971. The Morgan fingerprint density at radius 1 is 1.50 bits per heavy atom. The van der Waals surface area contributed by atoms with Gasteiger partial charge in [-0.3, -0.25) is 4.79 Å². The Hall–Kier alpha value is -2.20. The minimum Gasteiger partial charge on any atom is -0.466 e. The van der Waals surface area contributed by atoms with E-state index in [1.807, 2.05) is 0 Å². The van der Waals surface area contributed by atoms with E-state index in [0.717, 1.165) is 0 Å². The van der Waals surface area contributed by atoms with Crippen LogP contribution in [0.25, 0.3) is 0 Å². The number of benzene rings is 1. The zero-order valence-corrected chi connectivity index (χ0v) is 10.7. The molecule has 0 heterocycles. The van der Waals surface area contributed by atoms with Crippen LogP contribution in [0.4, 0.5) is 8.78 Å². The van der Waals surface area contributed by atoms with Gasteiger partial charge in [0.1, 0.15) is 11.8 Å². The molecule has 1 rings (SSSR count). The molecule has 0 aliphatic heterocycles. The van der Waals surface area contributed by atoms with Crippen LogP contribution < -0.4 is 4.74 Å². The third-order valence-electron chi connectivity index (χ3n) is 2.48. The van der Waals surface area contributed by atoms with E-state index >= 15 is 0 Å². The summed E-state index contributed by atoms with van der Waals surface area (Å²) in [6.07, 6.45) is -0.199. The highest BCUT2D eigenvalue weighted by molar-refractivity contribution is 5.74. The zero-order valence-electron chi connectivity index (χ0n) is 10.7. The lowest BCUT2D eigenvalue weighted by molar-refractivity contribution is -0.142. The van der Waals surface area contributed by atoms with Crippen molar-refractivity contribution in [3.8, 4) is 11.8 Å². The molecule has 7 heteroatoms. The van der Waals surface area contributed by atoms with Gasteiger partial charge in [-0.25, -0.2) is 0 Å². The Kier molecular flexibility index (Phi) is 5.87. The van der Waals surface area contributed by atoms with E-state index in [1.165, 1.54) is 12.1 Å². The predicted molar refractivity (Wildman–Crippen MR) is 64.0 cm³/mol. The van der Waals surface area contributed by atoms with Gasteiger partial charge < -0.3 is 14.6 Å². The lowest BCUT2D eigenvalue weighted by atomic mass is 10.0. The minimum atomic E-state index is -3.13. The highest BCUT2D eigenvalue weighted by Crippen LogP contribution is 2.29. The third-order valence-corrected chi connectivity index (χ3v) is 2.48. The first-order chi connectivity index (χ1) is 9.53. The number of nitrogens with zero attached hydrogens (tertiary/aromatic N) is 1. The summed E-state index contributed by atoms with van der Waals surface area (Å²) in [4.78, 5) is 11.4. The van der Waals surface area contributed by atoms with Crippen molar-refractivity contribution in [2.75, 3.05) is 6.61 Å². The maximum atomic E-state index is 12.4. The predicted octanol–water partition coefficient (Wildman–Crippen LogP) is 1.76. The topological polar surface area (TPSA) is 79.6 Å². The van der Waals surface area contributed by atoms with Gasteiger partial charge in [0.05, 0.1) is 25.2 Å². The number of carbonyl (C=O) groups is 1. The first kappa shape index (κ1) is 15.9. The average Bonchev–Trinajstić information content (AvgIpc) is 2.39. The second-order valence-corrected chi connectivity index (χ2v) is 3.71. The van der Waals surface area contributed by atoms with Crippen LogP contribution in [-0.4, -0.2) is 24.3 Å². The van der Waals surface area contributed by atoms with E-state index < -0.39 is 24.9 Å². The second-order valence-electron chi connectivity index (χ2n) is 3.71. The molecule has 0 spiro atoms. The second kappa shape index (κ2) is 7.40. The fourth-order valence-electron chi connectivity index (χ4n) is 1.69. The van der Waals surface area contributed by atoms with Crippen molar-refractivity contribution in [2.45, 2.75) is 26.6 Å². The molecule has 108 valence electrons. The number of ether oxygens (including phenoxy) is 2. The number of nitriles is 1. The molecule has 0 atom stereocenters. The van der Waals surface area contributed by atoms with Crippen molar-refractivity contribution < 1.29 is 28.2 Å². The van der Waals surface area contributed by atoms with Crippen LogP contribution in [0.2, 0.25) is 0 Å². The molecule has 20 heavy (non-hydrogen) atoms. The first-order valence-electron chi connectivity index (χ1n) is 5.79. The zero-order chi connectivity index (χ0) is 15.1. The SMILES string of the molecule is CCOC(=O)Cc1ccc(C#N)c(OC(F)F)c1CO. The molecular weight excluding hydrogens is 272 g/mol. The highest BCUT2D eigenvalue weighted by Gasteiger charge is 2.19. The molecule has 1 aromatic carbocycles. The molecule has 1 N–H and O–H groups in total. The molecule has 0 bridgehead atoms. The van der Waals surface area contributed by atoms with Gasteiger partial charge >= 0.3 is 12.6 Å². The summed E-state index contributed by atoms with van der Waals surface area (Å²) in [5, 5.41) is 18.1. The minimum absolute atomic E-state index is 0.0163. The fraction of sp³-hybridized carbons (Fsp3) is 0.385.